The number of thioether (sulfide) groups is 1. The van der Waals surface area contributed by atoms with E-state index in [2.05, 4.69) is 25.6 Å². The van der Waals surface area contributed by atoms with E-state index >= 15 is 0 Å². The Balaban J connectivity index is 0. The van der Waals surface area contributed by atoms with E-state index in [0.717, 1.165) is 0 Å². The topological polar surface area (TPSA) is 0 Å². The lowest BCUT2D eigenvalue weighted by Crippen LogP contribution is -1.87. The second kappa shape index (κ2) is 23.5. The van der Waals surface area contributed by atoms with Gasteiger partial charge >= 0.3 is 0 Å². The zero-order valence-corrected chi connectivity index (χ0v) is 16.4. The van der Waals surface area contributed by atoms with Gasteiger partial charge in [-0.3, -0.25) is 4.70 Å². The van der Waals surface area contributed by atoms with Crippen LogP contribution in [0.1, 0.15) is 117 Å². The molecule has 0 heterocycles. The molecule has 0 aromatic heterocycles. The summed E-state index contributed by atoms with van der Waals surface area (Å²) in [7, 11) is 0. The molecular weight excluding hydrogens is 291 g/mol. The Kier molecular flexibility index (Phi) is 26.3. The summed E-state index contributed by atoms with van der Waals surface area (Å²) in [6.45, 7) is 4.59. The van der Waals surface area contributed by atoms with Crippen LogP contribution in [0.5, 0.6) is 0 Å². The van der Waals surface area contributed by atoms with Crippen LogP contribution in [0.15, 0.2) is 0 Å². The van der Waals surface area contributed by atoms with Gasteiger partial charge in [-0.25, -0.2) is 0 Å². The molecule has 0 aromatic rings. The van der Waals surface area contributed by atoms with Crippen LogP contribution in [0.2, 0.25) is 0 Å². The van der Waals surface area contributed by atoms with Crippen LogP contribution in [-0.2, 0) is 0 Å². The van der Waals surface area contributed by atoms with E-state index < -0.39 is 0 Å². The lowest BCUT2D eigenvalue weighted by molar-refractivity contribution is 0.584. The van der Waals surface area contributed by atoms with Crippen molar-refractivity contribution >= 4 is 11.8 Å². The normalized spacial score (nSPS) is 10.6. The van der Waals surface area contributed by atoms with Crippen molar-refractivity contribution in [1.29, 1.82) is 0 Å². The lowest BCUT2D eigenvalue weighted by Gasteiger charge is -2.03. The van der Waals surface area contributed by atoms with Gasteiger partial charge in [0.15, 0.2) is 0 Å². The first kappa shape index (κ1) is 24.5. The van der Waals surface area contributed by atoms with Gasteiger partial charge in [0, 0.05) is 0 Å². The molecule has 0 aliphatic carbocycles. The van der Waals surface area contributed by atoms with E-state index in [0.29, 0.717) is 0 Å². The van der Waals surface area contributed by atoms with E-state index in [1.54, 1.807) is 0 Å². The van der Waals surface area contributed by atoms with Gasteiger partial charge in [-0.1, -0.05) is 104 Å². The summed E-state index contributed by atoms with van der Waals surface area (Å²) >= 11 is 2.20. The molecule has 0 radical (unpaired) electrons. The Morgan fingerprint density at radius 2 is 0.682 bits per heavy atom. The fraction of sp³-hybridized carbons (Fsp3) is 1.00. The van der Waals surface area contributed by atoms with Crippen LogP contribution in [0, 0.1) is 0 Å². The van der Waals surface area contributed by atoms with Crippen molar-refractivity contribution in [2.24, 2.45) is 0 Å². The summed E-state index contributed by atoms with van der Waals surface area (Å²) in [6, 6.07) is 0. The van der Waals surface area contributed by atoms with Crippen LogP contribution in [0.4, 0.5) is 4.70 Å². The maximum Gasteiger partial charge on any atom is -0.00675 e. The lowest BCUT2D eigenvalue weighted by atomic mass is 10.1. The van der Waals surface area contributed by atoms with E-state index in [4.69, 9.17) is 0 Å². The monoisotopic (exact) mass is 334 g/mol. The third kappa shape index (κ3) is 22.6. The first-order valence-corrected chi connectivity index (χ1v) is 11.1. The third-order valence-corrected chi connectivity index (χ3v) is 5.44. The van der Waals surface area contributed by atoms with E-state index in [-0.39, 0.29) is 4.70 Å². The van der Waals surface area contributed by atoms with Crippen molar-refractivity contribution in [3.63, 3.8) is 0 Å². The highest BCUT2D eigenvalue weighted by molar-refractivity contribution is 7.99. The second-order valence-electron chi connectivity index (χ2n) is 6.56. The maximum atomic E-state index is 2.30. The zero-order chi connectivity index (χ0) is 15.4. The fourth-order valence-corrected chi connectivity index (χ4v) is 3.80. The molecule has 0 aliphatic rings. The van der Waals surface area contributed by atoms with Crippen LogP contribution in [-0.4, -0.2) is 11.5 Å². The molecule has 0 spiro atoms. The van der Waals surface area contributed by atoms with Crippen molar-refractivity contribution in [2.45, 2.75) is 117 Å². The summed E-state index contributed by atoms with van der Waals surface area (Å²) in [6.07, 6.45) is 23.2. The molecule has 0 N–H and O–H groups in total. The predicted molar refractivity (Wildman–Crippen MR) is 105 cm³/mol. The molecule has 0 atom stereocenters. The van der Waals surface area contributed by atoms with Crippen molar-refractivity contribution in [2.75, 3.05) is 11.5 Å². The molecule has 0 amide bonds. The Hall–Kier alpha value is 0.280. The average molecular weight is 335 g/mol. The van der Waals surface area contributed by atoms with E-state index in [1.807, 2.05) is 0 Å². The van der Waals surface area contributed by atoms with Gasteiger partial charge < -0.3 is 0 Å². The Labute approximate surface area is 145 Å². The fourth-order valence-electron chi connectivity index (χ4n) is 2.78. The molecule has 22 heavy (non-hydrogen) atoms. The molecular formula is C20H43FS. The minimum atomic E-state index is 0. The molecule has 0 nitrogen and oxygen atoms in total. The SMILES string of the molecule is CCCCCCCCCCSCCCCCCCCCC.F. The first-order valence-electron chi connectivity index (χ1n) is 9.99. The Bertz CT molecular complexity index is 155. The molecule has 0 aliphatic heterocycles. The van der Waals surface area contributed by atoms with Gasteiger partial charge in [-0.15, -0.1) is 0 Å². The highest BCUT2D eigenvalue weighted by Gasteiger charge is 1.94. The number of halogens is 1. The highest BCUT2D eigenvalue weighted by atomic mass is 32.2. The van der Waals surface area contributed by atoms with Crippen molar-refractivity contribution in [1.82, 2.24) is 0 Å². The summed E-state index contributed by atoms with van der Waals surface area (Å²) in [5.41, 5.74) is 0. The molecule has 0 unspecified atom stereocenters. The highest BCUT2D eigenvalue weighted by Crippen LogP contribution is 2.14. The van der Waals surface area contributed by atoms with Gasteiger partial charge in [0.1, 0.15) is 0 Å². The molecule has 136 valence electrons. The molecule has 0 bridgehead atoms. The molecule has 0 fully saturated rings. The van der Waals surface area contributed by atoms with Gasteiger partial charge in [0.25, 0.3) is 0 Å². The van der Waals surface area contributed by atoms with E-state index in [9.17, 15) is 0 Å². The first-order chi connectivity index (χ1) is 10.4. The van der Waals surface area contributed by atoms with Crippen LogP contribution >= 0.6 is 11.8 Å². The van der Waals surface area contributed by atoms with Gasteiger partial charge in [0.05, 0.1) is 0 Å². The van der Waals surface area contributed by atoms with Gasteiger partial charge in [-0.05, 0) is 24.3 Å². The van der Waals surface area contributed by atoms with E-state index in [1.165, 1.54) is 114 Å². The molecule has 0 saturated carbocycles. The quantitative estimate of drug-likeness (QED) is 0.228. The number of rotatable bonds is 18. The van der Waals surface area contributed by atoms with Crippen LogP contribution < -0.4 is 0 Å². The van der Waals surface area contributed by atoms with Crippen molar-refractivity contribution in [3.05, 3.63) is 0 Å². The smallest absolute Gasteiger partial charge is 0.00675 e. The second-order valence-corrected chi connectivity index (χ2v) is 7.79. The Morgan fingerprint density at radius 1 is 0.409 bits per heavy atom. The largest absolute Gasteiger partial charge is 0.269 e. The van der Waals surface area contributed by atoms with Crippen LogP contribution in [0.3, 0.4) is 0 Å². The molecule has 0 aromatic carbocycles. The summed E-state index contributed by atoms with van der Waals surface area (Å²) < 4.78 is 0. The average Bonchev–Trinajstić information content (AvgIpc) is 2.50. The maximum absolute atomic E-state index is 2.30. The number of hydrogen-bond donors (Lipinski definition) is 0. The summed E-state index contributed by atoms with van der Waals surface area (Å²) in [4.78, 5) is 0. The Morgan fingerprint density at radius 3 is 1.00 bits per heavy atom. The zero-order valence-electron chi connectivity index (χ0n) is 15.5. The molecule has 0 rings (SSSR count). The number of unbranched alkanes of at least 4 members (excludes halogenated alkanes) is 14. The summed E-state index contributed by atoms with van der Waals surface area (Å²) in [5, 5.41) is 0. The summed E-state index contributed by atoms with van der Waals surface area (Å²) in [5.74, 6) is 2.82. The predicted octanol–water partition coefficient (Wildman–Crippen LogP) is 8.15. The third-order valence-electron chi connectivity index (χ3n) is 4.28. The minimum Gasteiger partial charge on any atom is -0.269 e. The standard InChI is InChI=1S/C20H42S.FH/c1-3-5-7-9-11-13-15-17-19-21-20-18-16-14-12-10-8-6-4-2;/h3-20H2,1-2H3;1H. The molecule has 2 heteroatoms. The number of hydrogen-bond acceptors (Lipinski definition) is 1. The van der Waals surface area contributed by atoms with Crippen molar-refractivity contribution in [3.8, 4) is 0 Å². The van der Waals surface area contributed by atoms with Crippen LogP contribution in [0.25, 0.3) is 0 Å². The van der Waals surface area contributed by atoms with Gasteiger partial charge in [0.2, 0.25) is 0 Å². The minimum absolute atomic E-state index is 0. The van der Waals surface area contributed by atoms with Crippen molar-refractivity contribution < 1.29 is 4.70 Å². The van der Waals surface area contributed by atoms with Gasteiger partial charge in [-0.2, -0.15) is 11.8 Å². The molecule has 0 saturated heterocycles.